The van der Waals surface area contributed by atoms with Crippen LogP contribution < -0.4 is 14.8 Å². The van der Waals surface area contributed by atoms with E-state index in [4.69, 9.17) is 0 Å². The number of hydrogen-bond acceptors (Lipinski definition) is 6. The molecule has 0 aliphatic rings. The number of sulfonamides is 1. The fourth-order valence-corrected chi connectivity index (χ4v) is 4.57. The lowest BCUT2D eigenvalue weighted by molar-refractivity contribution is -0.274. The van der Waals surface area contributed by atoms with Crippen LogP contribution in [-0.4, -0.2) is 25.7 Å². The van der Waals surface area contributed by atoms with Gasteiger partial charge < -0.3 is 10.1 Å². The topological polar surface area (TPSA) is 97.4 Å². The minimum absolute atomic E-state index is 0.0113. The molecule has 0 spiro atoms. The Morgan fingerprint density at radius 3 is 2.23 bits per heavy atom. The first-order valence-electron chi connectivity index (χ1n) is 8.67. The van der Waals surface area contributed by atoms with Gasteiger partial charge in [0, 0.05) is 5.69 Å². The van der Waals surface area contributed by atoms with Crippen molar-refractivity contribution in [3.05, 3.63) is 64.7 Å². The van der Waals surface area contributed by atoms with E-state index in [1.54, 1.807) is 12.1 Å². The summed E-state index contributed by atoms with van der Waals surface area (Å²) in [5, 5.41) is 2.53. The van der Waals surface area contributed by atoms with Gasteiger partial charge in [0.1, 0.15) is 10.6 Å². The molecule has 0 saturated carbocycles. The molecule has 7 nitrogen and oxygen atoms in total. The molecule has 3 rings (SSSR count). The molecule has 2 N–H and O–H groups in total. The molecule has 3 aromatic rings. The first-order chi connectivity index (χ1) is 14.4. The van der Waals surface area contributed by atoms with Gasteiger partial charge in [0.05, 0.1) is 10.6 Å². The molecule has 0 radical (unpaired) electrons. The van der Waals surface area contributed by atoms with Gasteiger partial charge in [-0.15, -0.1) is 13.2 Å². The van der Waals surface area contributed by atoms with Gasteiger partial charge in [0.15, 0.2) is 5.13 Å². The van der Waals surface area contributed by atoms with Gasteiger partial charge in [-0.1, -0.05) is 29.0 Å². The summed E-state index contributed by atoms with van der Waals surface area (Å²) in [6, 6.07) is 10.8. The van der Waals surface area contributed by atoms with Crippen molar-refractivity contribution in [2.45, 2.75) is 25.1 Å². The van der Waals surface area contributed by atoms with E-state index in [1.807, 2.05) is 6.92 Å². The molecule has 1 aromatic heterocycles. The maximum Gasteiger partial charge on any atom is 0.573 e. The molecule has 0 aliphatic heterocycles. The number of alkyl halides is 3. The Morgan fingerprint density at radius 2 is 1.65 bits per heavy atom. The Hall–Kier alpha value is -3.12. The SMILES string of the molecule is Cc1ccc(S(=O)(=O)Nc2nc(C)c(C(=O)Nc3ccc(OC(F)(F)F)cc3)s2)cc1. The lowest BCUT2D eigenvalue weighted by Gasteiger charge is -2.09. The number of aryl methyl sites for hydroxylation is 2. The van der Waals surface area contributed by atoms with Gasteiger partial charge in [-0.3, -0.25) is 9.52 Å². The van der Waals surface area contributed by atoms with E-state index in [1.165, 1.54) is 31.2 Å². The Balaban J connectivity index is 1.71. The maximum absolute atomic E-state index is 12.5. The highest BCUT2D eigenvalue weighted by Crippen LogP contribution is 2.27. The summed E-state index contributed by atoms with van der Waals surface area (Å²) in [7, 11) is -3.88. The van der Waals surface area contributed by atoms with Gasteiger partial charge in [0.2, 0.25) is 0 Å². The number of rotatable bonds is 6. The minimum Gasteiger partial charge on any atom is -0.406 e. The van der Waals surface area contributed by atoms with Crippen molar-refractivity contribution in [3.8, 4) is 5.75 Å². The molecule has 2 aromatic carbocycles. The van der Waals surface area contributed by atoms with Crippen LogP contribution in [0.3, 0.4) is 0 Å². The Labute approximate surface area is 179 Å². The van der Waals surface area contributed by atoms with Crippen molar-refractivity contribution in [2.24, 2.45) is 0 Å². The predicted molar refractivity (Wildman–Crippen MR) is 110 cm³/mol. The van der Waals surface area contributed by atoms with E-state index in [2.05, 4.69) is 19.8 Å². The van der Waals surface area contributed by atoms with Gasteiger partial charge in [-0.2, -0.15) is 0 Å². The third kappa shape index (κ3) is 5.95. The molecule has 0 saturated heterocycles. The molecule has 1 heterocycles. The van der Waals surface area contributed by atoms with Gasteiger partial charge >= 0.3 is 6.36 Å². The molecule has 0 unspecified atom stereocenters. The molecule has 0 aliphatic carbocycles. The number of hydrogen-bond donors (Lipinski definition) is 2. The Kier molecular flexibility index (Phi) is 6.23. The summed E-state index contributed by atoms with van der Waals surface area (Å²) in [4.78, 5) is 16.8. The Morgan fingerprint density at radius 1 is 1.03 bits per heavy atom. The maximum atomic E-state index is 12.5. The van der Waals surface area contributed by atoms with Crippen LogP contribution in [0.4, 0.5) is 24.0 Å². The van der Waals surface area contributed by atoms with Crippen LogP contribution in [0.25, 0.3) is 0 Å². The van der Waals surface area contributed by atoms with Crippen LogP contribution in [-0.2, 0) is 10.0 Å². The third-order valence-electron chi connectivity index (χ3n) is 3.90. The van der Waals surface area contributed by atoms with Gasteiger partial charge in [0.25, 0.3) is 15.9 Å². The number of anilines is 2. The number of amides is 1. The highest BCUT2D eigenvalue weighted by molar-refractivity contribution is 7.93. The summed E-state index contributed by atoms with van der Waals surface area (Å²) in [5.41, 5.74) is 1.43. The smallest absolute Gasteiger partial charge is 0.406 e. The molecule has 1 amide bonds. The van der Waals surface area contributed by atoms with Crippen molar-refractivity contribution < 1.29 is 31.1 Å². The summed E-state index contributed by atoms with van der Waals surface area (Å²) >= 11 is 0.836. The number of nitrogens with zero attached hydrogens (tertiary/aromatic N) is 1. The number of nitrogens with one attached hydrogen (secondary N) is 2. The van der Waals surface area contributed by atoms with Crippen molar-refractivity contribution in [1.29, 1.82) is 0 Å². The largest absolute Gasteiger partial charge is 0.573 e. The second-order valence-corrected chi connectivity index (χ2v) is 9.06. The third-order valence-corrected chi connectivity index (χ3v) is 6.46. The van der Waals surface area contributed by atoms with E-state index >= 15 is 0 Å². The van der Waals surface area contributed by atoms with E-state index in [-0.39, 0.29) is 20.6 Å². The van der Waals surface area contributed by atoms with Crippen molar-refractivity contribution in [2.75, 3.05) is 10.0 Å². The number of carbonyl (C=O) groups excluding carboxylic acids is 1. The van der Waals surface area contributed by atoms with E-state index in [0.717, 1.165) is 29.0 Å². The standard InChI is InChI=1S/C19H16F3N3O4S2/c1-11-3-9-15(10-4-11)31(27,28)25-18-23-12(2)16(30-18)17(26)24-13-5-7-14(8-6-13)29-19(20,21)22/h3-10H,1-2H3,(H,23,25)(H,24,26). The molecule has 0 fully saturated rings. The second-order valence-electron chi connectivity index (χ2n) is 6.38. The van der Waals surface area contributed by atoms with E-state index in [0.29, 0.717) is 5.69 Å². The summed E-state index contributed by atoms with van der Waals surface area (Å²) in [6.07, 6.45) is -4.81. The molecular formula is C19H16F3N3O4S2. The number of thiazole rings is 1. The Bertz CT molecular complexity index is 1190. The predicted octanol–water partition coefficient (Wildman–Crippen LogP) is 4.71. The van der Waals surface area contributed by atoms with Crippen LogP contribution in [0, 0.1) is 13.8 Å². The molecule has 31 heavy (non-hydrogen) atoms. The zero-order valence-electron chi connectivity index (χ0n) is 16.1. The molecule has 0 bridgehead atoms. The monoisotopic (exact) mass is 471 g/mol. The lowest BCUT2D eigenvalue weighted by atomic mass is 10.2. The molecule has 0 atom stereocenters. The molecule has 164 valence electrons. The van der Waals surface area contributed by atoms with Gasteiger partial charge in [-0.05, 0) is 50.2 Å². The normalized spacial score (nSPS) is 11.8. The van der Waals surface area contributed by atoms with Crippen LogP contribution in [0.1, 0.15) is 20.9 Å². The highest BCUT2D eigenvalue weighted by atomic mass is 32.2. The minimum atomic E-state index is -4.81. The lowest BCUT2D eigenvalue weighted by Crippen LogP contribution is -2.17. The van der Waals surface area contributed by atoms with E-state index < -0.39 is 28.0 Å². The zero-order valence-corrected chi connectivity index (χ0v) is 17.8. The number of benzene rings is 2. The second kappa shape index (κ2) is 8.55. The van der Waals surface area contributed by atoms with Crippen molar-refractivity contribution >= 4 is 38.1 Å². The molecular weight excluding hydrogens is 455 g/mol. The molecule has 12 heteroatoms. The average Bonchev–Trinajstić information content (AvgIpc) is 3.02. The van der Waals surface area contributed by atoms with Crippen LogP contribution in [0.2, 0.25) is 0 Å². The summed E-state index contributed by atoms with van der Waals surface area (Å²) in [6.45, 7) is 3.37. The van der Waals surface area contributed by atoms with Gasteiger partial charge in [-0.25, -0.2) is 13.4 Å². The van der Waals surface area contributed by atoms with Crippen molar-refractivity contribution in [3.63, 3.8) is 0 Å². The number of aromatic nitrogens is 1. The van der Waals surface area contributed by atoms with E-state index in [9.17, 15) is 26.4 Å². The summed E-state index contributed by atoms with van der Waals surface area (Å²) in [5.74, 6) is -1.01. The quantitative estimate of drug-likeness (QED) is 0.543. The summed E-state index contributed by atoms with van der Waals surface area (Å²) < 4.78 is 67.7. The van der Waals surface area contributed by atoms with Crippen LogP contribution in [0.5, 0.6) is 5.75 Å². The first kappa shape index (κ1) is 22.6. The number of carbonyl (C=O) groups is 1. The van der Waals surface area contributed by atoms with Crippen LogP contribution in [0.15, 0.2) is 53.4 Å². The van der Waals surface area contributed by atoms with Crippen molar-refractivity contribution in [1.82, 2.24) is 4.98 Å². The highest BCUT2D eigenvalue weighted by Gasteiger charge is 2.31. The zero-order chi connectivity index (χ0) is 22.8. The average molecular weight is 471 g/mol. The fourth-order valence-electron chi connectivity index (χ4n) is 2.47. The first-order valence-corrected chi connectivity index (χ1v) is 11.0. The van der Waals surface area contributed by atoms with Crippen LogP contribution >= 0.6 is 11.3 Å². The number of halogens is 3. The fraction of sp³-hybridized carbons (Fsp3) is 0.158. The number of ether oxygens (including phenoxy) is 1.